The summed E-state index contributed by atoms with van der Waals surface area (Å²) in [6.07, 6.45) is 1.77. The molecular formula is C24H32ClN3O4S. The third-order valence-corrected chi connectivity index (χ3v) is 7.02. The van der Waals surface area contributed by atoms with Crippen LogP contribution in [-0.4, -0.2) is 50.0 Å². The van der Waals surface area contributed by atoms with Crippen LogP contribution in [0.25, 0.3) is 0 Å². The lowest BCUT2D eigenvalue weighted by atomic mass is 10.1. The first-order valence-electron chi connectivity index (χ1n) is 10.8. The van der Waals surface area contributed by atoms with Gasteiger partial charge in [0.1, 0.15) is 12.6 Å². The highest BCUT2D eigenvalue weighted by Crippen LogP contribution is 2.27. The summed E-state index contributed by atoms with van der Waals surface area (Å²) < 4.78 is 26.1. The molecule has 2 aromatic rings. The number of hydrogen-bond acceptors (Lipinski definition) is 4. The van der Waals surface area contributed by atoms with E-state index in [1.54, 1.807) is 31.2 Å². The molecule has 0 unspecified atom stereocenters. The smallest absolute Gasteiger partial charge is 0.244 e. The Balaban J connectivity index is 2.41. The van der Waals surface area contributed by atoms with Gasteiger partial charge in [-0.1, -0.05) is 54.9 Å². The van der Waals surface area contributed by atoms with E-state index < -0.39 is 28.5 Å². The van der Waals surface area contributed by atoms with Crippen LogP contribution in [0.3, 0.4) is 0 Å². The first-order chi connectivity index (χ1) is 15.5. The molecule has 0 saturated heterocycles. The summed E-state index contributed by atoms with van der Waals surface area (Å²) in [4.78, 5) is 27.8. The number of carbonyl (C=O) groups is 2. The third-order valence-electron chi connectivity index (χ3n) is 5.57. The van der Waals surface area contributed by atoms with E-state index in [4.69, 9.17) is 11.6 Å². The van der Waals surface area contributed by atoms with Crippen molar-refractivity contribution in [3.63, 3.8) is 0 Å². The number of benzene rings is 2. The third kappa shape index (κ3) is 7.20. The lowest BCUT2D eigenvalue weighted by Gasteiger charge is -2.32. The van der Waals surface area contributed by atoms with Gasteiger partial charge in [0.15, 0.2) is 0 Å². The standard InChI is InChI=1S/C24H32ClN3O4S/c1-6-18(3)26-24(30)19(4)27(15-20-12-8-7-11-17(20)2)23(29)16-28(33(5,31)32)22-14-10-9-13-21(22)25/h7-14,18-19H,6,15-16H2,1-5H3,(H,26,30)/t18-,19-/m1/s1. The van der Waals surface area contributed by atoms with Crippen molar-refractivity contribution in [2.75, 3.05) is 17.1 Å². The fourth-order valence-corrected chi connectivity index (χ4v) is 4.42. The molecule has 9 heteroatoms. The minimum atomic E-state index is -3.82. The number of halogens is 1. The Morgan fingerprint density at radius 1 is 1.06 bits per heavy atom. The zero-order valence-corrected chi connectivity index (χ0v) is 21.3. The van der Waals surface area contributed by atoms with E-state index >= 15 is 0 Å². The van der Waals surface area contributed by atoms with Crippen molar-refractivity contribution >= 4 is 39.1 Å². The van der Waals surface area contributed by atoms with Gasteiger partial charge < -0.3 is 10.2 Å². The molecule has 0 saturated carbocycles. The predicted molar refractivity (Wildman–Crippen MR) is 133 cm³/mol. The van der Waals surface area contributed by atoms with E-state index in [0.717, 1.165) is 28.1 Å². The van der Waals surface area contributed by atoms with Crippen LogP contribution in [0.2, 0.25) is 5.02 Å². The first-order valence-corrected chi connectivity index (χ1v) is 13.0. The lowest BCUT2D eigenvalue weighted by Crippen LogP contribution is -2.52. The molecule has 1 N–H and O–H groups in total. The largest absolute Gasteiger partial charge is 0.352 e. The second-order valence-electron chi connectivity index (χ2n) is 8.16. The molecule has 2 atom stereocenters. The van der Waals surface area contributed by atoms with Gasteiger partial charge in [0.2, 0.25) is 21.8 Å². The second kappa shape index (κ2) is 11.5. The van der Waals surface area contributed by atoms with Crippen LogP contribution >= 0.6 is 11.6 Å². The number of hydrogen-bond donors (Lipinski definition) is 1. The number of sulfonamides is 1. The minimum absolute atomic E-state index is 0.0500. The summed E-state index contributed by atoms with van der Waals surface area (Å²) in [5, 5.41) is 3.12. The van der Waals surface area contributed by atoms with Crippen molar-refractivity contribution < 1.29 is 18.0 Å². The first kappa shape index (κ1) is 26.7. The Labute approximate surface area is 201 Å². The lowest BCUT2D eigenvalue weighted by molar-refractivity contribution is -0.139. The quantitative estimate of drug-likeness (QED) is 0.546. The van der Waals surface area contributed by atoms with E-state index in [1.807, 2.05) is 45.0 Å². The molecule has 2 rings (SSSR count). The molecule has 0 aliphatic heterocycles. The molecule has 0 aromatic heterocycles. The molecule has 2 amide bonds. The number of anilines is 1. The maximum atomic E-state index is 13.5. The van der Waals surface area contributed by atoms with Gasteiger partial charge in [0.25, 0.3) is 0 Å². The fourth-order valence-electron chi connectivity index (χ4n) is 3.27. The molecule has 0 spiro atoms. The monoisotopic (exact) mass is 493 g/mol. The molecule has 7 nitrogen and oxygen atoms in total. The van der Waals surface area contributed by atoms with Crippen molar-refractivity contribution in [1.82, 2.24) is 10.2 Å². The van der Waals surface area contributed by atoms with E-state index in [9.17, 15) is 18.0 Å². The van der Waals surface area contributed by atoms with Crippen molar-refractivity contribution in [2.24, 2.45) is 0 Å². The number of amides is 2. The number of aryl methyl sites for hydroxylation is 1. The zero-order chi connectivity index (χ0) is 24.8. The number of para-hydroxylation sites is 1. The van der Waals surface area contributed by atoms with Crippen LogP contribution in [0.4, 0.5) is 5.69 Å². The van der Waals surface area contributed by atoms with E-state index in [-0.39, 0.29) is 29.2 Å². The van der Waals surface area contributed by atoms with Crippen LogP contribution in [0.1, 0.15) is 38.3 Å². The topological polar surface area (TPSA) is 86.8 Å². The Bertz CT molecular complexity index is 1090. The van der Waals surface area contributed by atoms with E-state index in [2.05, 4.69) is 5.32 Å². The molecule has 33 heavy (non-hydrogen) atoms. The van der Waals surface area contributed by atoms with Gasteiger partial charge >= 0.3 is 0 Å². The second-order valence-corrected chi connectivity index (χ2v) is 10.5. The van der Waals surface area contributed by atoms with Crippen LogP contribution in [-0.2, 0) is 26.2 Å². The number of rotatable bonds is 10. The summed E-state index contributed by atoms with van der Waals surface area (Å²) in [6.45, 7) is 7.11. The van der Waals surface area contributed by atoms with Crippen LogP contribution in [0, 0.1) is 6.92 Å². The molecule has 0 heterocycles. The van der Waals surface area contributed by atoms with Gasteiger partial charge in [-0.15, -0.1) is 0 Å². The predicted octanol–water partition coefficient (Wildman–Crippen LogP) is 3.75. The Morgan fingerprint density at radius 3 is 2.24 bits per heavy atom. The van der Waals surface area contributed by atoms with E-state index in [0.29, 0.717) is 0 Å². The average Bonchev–Trinajstić information content (AvgIpc) is 2.76. The maximum Gasteiger partial charge on any atom is 0.244 e. The molecule has 0 bridgehead atoms. The van der Waals surface area contributed by atoms with Crippen LogP contribution in [0.15, 0.2) is 48.5 Å². The molecule has 2 aromatic carbocycles. The highest BCUT2D eigenvalue weighted by Gasteiger charge is 2.31. The molecule has 0 aliphatic carbocycles. The Kier molecular flexibility index (Phi) is 9.31. The van der Waals surface area contributed by atoms with Gasteiger partial charge in [0, 0.05) is 12.6 Å². The summed E-state index contributed by atoms with van der Waals surface area (Å²) in [5.41, 5.74) is 2.05. The number of nitrogens with zero attached hydrogens (tertiary/aromatic N) is 2. The van der Waals surface area contributed by atoms with Gasteiger partial charge in [-0.05, 0) is 50.5 Å². The highest BCUT2D eigenvalue weighted by molar-refractivity contribution is 7.92. The summed E-state index contributed by atoms with van der Waals surface area (Å²) in [7, 11) is -3.82. The minimum Gasteiger partial charge on any atom is -0.352 e. The normalized spacial score (nSPS) is 13.2. The molecule has 0 radical (unpaired) electrons. The Morgan fingerprint density at radius 2 is 1.67 bits per heavy atom. The Hall–Kier alpha value is -2.58. The molecule has 180 valence electrons. The van der Waals surface area contributed by atoms with Crippen LogP contribution in [0.5, 0.6) is 0 Å². The average molecular weight is 494 g/mol. The van der Waals surface area contributed by atoms with Crippen molar-refractivity contribution in [3.05, 3.63) is 64.7 Å². The number of nitrogens with one attached hydrogen (secondary N) is 1. The van der Waals surface area contributed by atoms with Gasteiger partial charge in [-0.25, -0.2) is 8.42 Å². The van der Waals surface area contributed by atoms with Crippen molar-refractivity contribution in [3.8, 4) is 0 Å². The molecule has 0 aliphatic rings. The van der Waals surface area contributed by atoms with Crippen molar-refractivity contribution in [2.45, 2.75) is 52.7 Å². The summed E-state index contributed by atoms with van der Waals surface area (Å²) in [6, 6.07) is 13.1. The van der Waals surface area contributed by atoms with E-state index in [1.165, 1.54) is 4.90 Å². The summed E-state index contributed by atoms with van der Waals surface area (Å²) in [5.74, 6) is -0.801. The maximum absolute atomic E-state index is 13.5. The van der Waals surface area contributed by atoms with Gasteiger partial charge in [0.05, 0.1) is 17.0 Å². The zero-order valence-electron chi connectivity index (χ0n) is 19.7. The fraction of sp³-hybridized carbons (Fsp3) is 0.417. The van der Waals surface area contributed by atoms with Crippen LogP contribution < -0.4 is 9.62 Å². The van der Waals surface area contributed by atoms with Gasteiger partial charge in [-0.2, -0.15) is 0 Å². The highest BCUT2D eigenvalue weighted by atomic mass is 35.5. The SMILES string of the molecule is CC[C@@H](C)NC(=O)[C@@H](C)N(Cc1ccccc1C)C(=O)CN(c1ccccc1Cl)S(C)(=O)=O. The molecule has 0 fully saturated rings. The molecular weight excluding hydrogens is 462 g/mol. The number of carbonyl (C=O) groups excluding carboxylic acids is 2. The summed E-state index contributed by atoms with van der Waals surface area (Å²) >= 11 is 6.23. The van der Waals surface area contributed by atoms with Gasteiger partial charge in [-0.3, -0.25) is 13.9 Å². The van der Waals surface area contributed by atoms with Crippen molar-refractivity contribution in [1.29, 1.82) is 0 Å².